The molecule has 0 saturated carbocycles. The monoisotopic (exact) mass is 316 g/mol. The largest absolute Gasteiger partial charge is 0.462 e. The molecule has 1 atom stereocenters. The molecular formula is C18H24O3Si. The van der Waals surface area contributed by atoms with Crippen LogP contribution >= 0.6 is 0 Å². The van der Waals surface area contributed by atoms with E-state index in [2.05, 4.69) is 25.2 Å². The van der Waals surface area contributed by atoms with Gasteiger partial charge in [0.05, 0.1) is 14.7 Å². The number of hydrogen-bond donors (Lipinski definition) is 0. The van der Waals surface area contributed by atoms with E-state index in [1.807, 2.05) is 38.1 Å². The fraction of sp³-hybridized carbons (Fsp3) is 0.444. The lowest BCUT2D eigenvalue weighted by atomic mass is 9.90. The number of rotatable bonds is 5. The van der Waals surface area contributed by atoms with Crippen LogP contribution in [0.3, 0.4) is 0 Å². The molecule has 1 aromatic carbocycles. The van der Waals surface area contributed by atoms with Crippen LogP contribution in [-0.2, 0) is 14.3 Å². The molecule has 4 heteroatoms. The summed E-state index contributed by atoms with van der Waals surface area (Å²) in [5.41, 5.74) is 0.457. The standard InChI is InChI=1S/C18H24O3Si/c1-18(2,13-19)11-10-15-16(12-21-17(15)20)22(3,4)14-8-6-5-7-9-14/h5-10,13,16H,11-12H2,1-4H3/b15-10-/t16-/m1/s1. The van der Waals surface area contributed by atoms with Gasteiger partial charge in [-0.2, -0.15) is 0 Å². The predicted molar refractivity (Wildman–Crippen MR) is 90.8 cm³/mol. The van der Waals surface area contributed by atoms with Gasteiger partial charge in [0.2, 0.25) is 0 Å². The van der Waals surface area contributed by atoms with Crippen molar-refractivity contribution in [1.29, 1.82) is 0 Å². The summed E-state index contributed by atoms with van der Waals surface area (Å²) in [6.45, 7) is 8.76. The first kappa shape index (κ1) is 16.7. The minimum atomic E-state index is -1.86. The Balaban J connectivity index is 2.31. The summed E-state index contributed by atoms with van der Waals surface area (Å²) in [6.07, 6.45) is 3.43. The van der Waals surface area contributed by atoms with Gasteiger partial charge < -0.3 is 9.53 Å². The van der Waals surface area contributed by atoms with Gasteiger partial charge in [0.15, 0.2) is 0 Å². The van der Waals surface area contributed by atoms with Crippen LogP contribution in [0.4, 0.5) is 0 Å². The van der Waals surface area contributed by atoms with E-state index in [4.69, 9.17) is 4.74 Å². The molecule has 0 amide bonds. The number of hydrogen-bond acceptors (Lipinski definition) is 3. The number of allylic oxidation sites excluding steroid dienone is 1. The van der Waals surface area contributed by atoms with Crippen LogP contribution in [0.25, 0.3) is 0 Å². The van der Waals surface area contributed by atoms with Crippen LogP contribution in [0.5, 0.6) is 0 Å². The zero-order valence-electron chi connectivity index (χ0n) is 13.8. The Morgan fingerprint density at radius 1 is 1.27 bits per heavy atom. The van der Waals surface area contributed by atoms with E-state index in [9.17, 15) is 9.59 Å². The Morgan fingerprint density at radius 2 is 1.91 bits per heavy atom. The third-order valence-corrected chi connectivity index (χ3v) is 8.59. The molecule has 1 aliphatic heterocycles. The minimum absolute atomic E-state index is 0.143. The molecule has 0 aliphatic carbocycles. The van der Waals surface area contributed by atoms with Gasteiger partial charge in [-0.15, -0.1) is 0 Å². The second-order valence-electron chi connectivity index (χ2n) is 7.21. The van der Waals surface area contributed by atoms with Gasteiger partial charge in [-0.05, 0) is 6.42 Å². The highest BCUT2D eigenvalue weighted by Gasteiger charge is 2.43. The van der Waals surface area contributed by atoms with Crippen LogP contribution in [-0.4, -0.2) is 26.9 Å². The Labute approximate surface area is 133 Å². The summed E-state index contributed by atoms with van der Waals surface area (Å²) in [5.74, 6) is -0.219. The van der Waals surface area contributed by atoms with Crippen molar-refractivity contribution in [3.8, 4) is 0 Å². The molecule has 1 aliphatic rings. The maximum Gasteiger partial charge on any atom is 0.333 e. The molecule has 0 N–H and O–H groups in total. The van der Waals surface area contributed by atoms with Crippen molar-refractivity contribution in [2.24, 2.45) is 5.41 Å². The summed E-state index contributed by atoms with van der Waals surface area (Å²) >= 11 is 0. The Morgan fingerprint density at radius 3 is 2.50 bits per heavy atom. The van der Waals surface area contributed by atoms with Gasteiger partial charge in [-0.3, -0.25) is 0 Å². The fourth-order valence-electron chi connectivity index (χ4n) is 2.79. The third kappa shape index (κ3) is 3.38. The van der Waals surface area contributed by atoms with Crippen molar-refractivity contribution >= 4 is 25.5 Å². The fourth-order valence-corrected chi connectivity index (χ4v) is 5.75. The molecule has 0 aromatic heterocycles. The molecule has 3 nitrogen and oxygen atoms in total. The van der Waals surface area contributed by atoms with Crippen LogP contribution in [0.1, 0.15) is 20.3 Å². The molecular weight excluding hydrogens is 292 g/mol. The smallest absolute Gasteiger partial charge is 0.333 e. The molecule has 0 unspecified atom stereocenters. The molecule has 118 valence electrons. The summed E-state index contributed by atoms with van der Waals surface area (Å²) in [6, 6.07) is 10.4. The highest BCUT2D eigenvalue weighted by atomic mass is 28.3. The number of esters is 1. The van der Waals surface area contributed by atoms with Crippen LogP contribution in [0, 0.1) is 5.41 Å². The van der Waals surface area contributed by atoms with E-state index in [1.54, 1.807) is 0 Å². The van der Waals surface area contributed by atoms with E-state index in [0.29, 0.717) is 13.0 Å². The van der Waals surface area contributed by atoms with Gasteiger partial charge >= 0.3 is 5.97 Å². The van der Waals surface area contributed by atoms with Crippen molar-refractivity contribution in [2.75, 3.05) is 6.61 Å². The topological polar surface area (TPSA) is 43.4 Å². The average molecular weight is 316 g/mol. The number of ether oxygens (including phenoxy) is 1. The van der Waals surface area contributed by atoms with Crippen molar-refractivity contribution in [1.82, 2.24) is 0 Å². The molecule has 2 rings (SSSR count). The van der Waals surface area contributed by atoms with Crippen molar-refractivity contribution in [3.63, 3.8) is 0 Å². The third-order valence-electron chi connectivity index (χ3n) is 4.55. The molecule has 22 heavy (non-hydrogen) atoms. The first-order valence-corrected chi connectivity index (χ1v) is 10.7. The van der Waals surface area contributed by atoms with E-state index in [0.717, 1.165) is 11.9 Å². The molecule has 0 radical (unpaired) electrons. The number of carbonyl (C=O) groups excluding carboxylic acids is 2. The summed E-state index contributed by atoms with van der Waals surface area (Å²) < 4.78 is 5.32. The van der Waals surface area contributed by atoms with Crippen LogP contribution in [0.2, 0.25) is 18.6 Å². The van der Waals surface area contributed by atoms with E-state index >= 15 is 0 Å². The van der Waals surface area contributed by atoms with Gasteiger partial charge in [0.1, 0.15) is 6.29 Å². The summed E-state index contributed by atoms with van der Waals surface area (Å²) in [5, 5.41) is 1.32. The summed E-state index contributed by atoms with van der Waals surface area (Å²) in [4.78, 5) is 23.2. The van der Waals surface area contributed by atoms with Crippen molar-refractivity contribution in [3.05, 3.63) is 42.0 Å². The van der Waals surface area contributed by atoms with Crippen LogP contribution < -0.4 is 5.19 Å². The molecule has 1 fully saturated rings. The first-order valence-electron chi connectivity index (χ1n) is 7.67. The minimum Gasteiger partial charge on any atom is -0.462 e. The molecule has 0 bridgehead atoms. The number of aldehydes is 1. The zero-order chi connectivity index (χ0) is 16.4. The second kappa shape index (κ2) is 6.21. The maximum absolute atomic E-state index is 12.1. The number of cyclic esters (lactones) is 1. The van der Waals surface area contributed by atoms with E-state index in [1.165, 1.54) is 5.19 Å². The normalized spacial score (nSPS) is 21.0. The first-order chi connectivity index (χ1) is 10.3. The number of benzene rings is 1. The summed E-state index contributed by atoms with van der Waals surface area (Å²) in [7, 11) is -1.86. The molecule has 1 heterocycles. The van der Waals surface area contributed by atoms with E-state index < -0.39 is 13.5 Å². The Kier molecular flexibility index (Phi) is 4.71. The average Bonchev–Trinajstić information content (AvgIpc) is 2.88. The van der Waals surface area contributed by atoms with Crippen LogP contribution in [0.15, 0.2) is 42.0 Å². The zero-order valence-corrected chi connectivity index (χ0v) is 14.8. The molecule has 1 aromatic rings. The van der Waals surface area contributed by atoms with Gasteiger partial charge in [0.25, 0.3) is 0 Å². The molecule has 1 saturated heterocycles. The lowest BCUT2D eigenvalue weighted by molar-refractivity contribution is -0.135. The maximum atomic E-state index is 12.1. The number of carbonyl (C=O) groups is 2. The highest BCUT2D eigenvalue weighted by Crippen LogP contribution is 2.37. The lowest BCUT2D eigenvalue weighted by Gasteiger charge is -2.29. The van der Waals surface area contributed by atoms with Gasteiger partial charge in [0, 0.05) is 16.5 Å². The molecule has 0 spiro atoms. The highest BCUT2D eigenvalue weighted by molar-refractivity contribution is 6.92. The van der Waals surface area contributed by atoms with Crippen molar-refractivity contribution in [2.45, 2.75) is 38.9 Å². The predicted octanol–water partition coefficient (Wildman–Crippen LogP) is 3.07. The second-order valence-corrected chi connectivity index (χ2v) is 11.9. The SMILES string of the molecule is CC(C)(C=O)C/C=C1\C(=O)OC[C@H]1[Si](C)(C)c1ccccc1. The Bertz CT molecular complexity index is 588. The lowest BCUT2D eigenvalue weighted by Crippen LogP contribution is -2.46. The van der Waals surface area contributed by atoms with Gasteiger partial charge in [-0.25, -0.2) is 4.79 Å². The van der Waals surface area contributed by atoms with Crippen molar-refractivity contribution < 1.29 is 14.3 Å². The van der Waals surface area contributed by atoms with Gasteiger partial charge in [-0.1, -0.05) is 68.5 Å². The van der Waals surface area contributed by atoms with E-state index in [-0.39, 0.29) is 11.5 Å². The quantitative estimate of drug-likeness (QED) is 0.363. The Hall–Kier alpha value is -1.68.